The van der Waals surface area contributed by atoms with Crippen LogP contribution in [0.4, 0.5) is 4.79 Å². The summed E-state index contributed by atoms with van der Waals surface area (Å²) < 4.78 is 5.15. The van der Waals surface area contributed by atoms with Crippen LogP contribution in [0.2, 0.25) is 0 Å². The number of hydrogen-bond acceptors (Lipinski definition) is 3. The zero-order valence-electron chi connectivity index (χ0n) is 13.8. The molecule has 1 aromatic carbocycles. The summed E-state index contributed by atoms with van der Waals surface area (Å²) in [5.41, 5.74) is 0.872. The predicted molar refractivity (Wildman–Crippen MR) is 86.7 cm³/mol. The van der Waals surface area contributed by atoms with E-state index in [1.807, 2.05) is 24.3 Å². The number of hydrogen-bond donors (Lipinski definition) is 2. The lowest BCUT2D eigenvalue weighted by atomic mass is 9.84. The van der Waals surface area contributed by atoms with Gasteiger partial charge in [0, 0.05) is 25.0 Å². The maximum absolute atomic E-state index is 12.2. The van der Waals surface area contributed by atoms with E-state index < -0.39 is 11.9 Å². The van der Waals surface area contributed by atoms with E-state index in [0.29, 0.717) is 19.5 Å². The van der Waals surface area contributed by atoms with Crippen molar-refractivity contribution in [1.82, 2.24) is 10.2 Å². The van der Waals surface area contributed by atoms with Gasteiger partial charge in [-0.1, -0.05) is 26.0 Å². The molecular formula is C17H24N2O4. The Morgan fingerprint density at radius 3 is 2.52 bits per heavy atom. The maximum atomic E-state index is 12.2. The number of ether oxygens (including phenoxy) is 1. The number of amides is 2. The predicted octanol–water partition coefficient (Wildman–Crippen LogP) is 2.09. The van der Waals surface area contributed by atoms with Gasteiger partial charge < -0.3 is 20.1 Å². The van der Waals surface area contributed by atoms with Crippen LogP contribution in [0.3, 0.4) is 0 Å². The number of nitrogens with zero attached hydrogens (tertiary/aromatic N) is 1. The topological polar surface area (TPSA) is 78.9 Å². The van der Waals surface area contributed by atoms with E-state index in [2.05, 4.69) is 19.2 Å². The van der Waals surface area contributed by atoms with Crippen LogP contribution in [0.15, 0.2) is 24.3 Å². The Bertz CT molecular complexity index is 568. The Labute approximate surface area is 136 Å². The zero-order valence-corrected chi connectivity index (χ0v) is 13.8. The molecule has 0 radical (unpaired) electrons. The van der Waals surface area contributed by atoms with Crippen LogP contribution in [0.1, 0.15) is 25.8 Å². The van der Waals surface area contributed by atoms with Gasteiger partial charge in [0.2, 0.25) is 0 Å². The molecule has 1 aromatic rings. The molecule has 1 aliphatic rings. The summed E-state index contributed by atoms with van der Waals surface area (Å²) in [7, 11) is 1.63. The maximum Gasteiger partial charge on any atom is 0.317 e. The number of methoxy groups -OCH3 is 1. The number of carbonyl (C=O) groups is 2. The van der Waals surface area contributed by atoms with Crippen molar-refractivity contribution in [2.45, 2.75) is 25.7 Å². The van der Waals surface area contributed by atoms with Crippen LogP contribution in [0.5, 0.6) is 5.75 Å². The van der Waals surface area contributed by atoms with E-state index in [1.54, 1.807) is 12.0 Å². The molecule has 1 saturated heterocycles. The van der Waals surface area contributed by atoms with E-state index >= 15 is 0 Å². The van der Waals surface area contributed by atoms with Crippen LogP contribution in [0, 0.1) is 5.92 Å². The molecule has 1 heterocycles. The molecule has 0 spiro atoms. The first-order valence-electron chi connectivity index (χ1n) is 7.73. The first-order valence-corrected chi connectivity index (χ1v) is 7.73. The second-order valence-electron chi connectivity index (χ2n) is 6.54. The second-order valence-corrected chi connectivity index (χ2v) is 6.54. The summed E-state index contributed by atoms with van der Waals surface area (Å²) in [6, 6.07) is 7.58. The van der Waals surface area contributed by atoms with Crippen LogP contribution in [-0.4, -0.2) is 48.8 Å². The number of benzene rings is 1. The molecule has 0 saturated carbocycles. The average molecular weight is 320 g/mol. The lowest BCUT2D eigenvalue weighted by Crippen LogP contribution is -2.44. The second kappa shape index (κ2) is 6.89. The Balaban J connectivity index is 1.90. The number of carboxylic acid groups (broad SMARTS) is 1. The molecule has 126 valence electrons. The first kappa shape index (κ1) is 17.1. The molecule has 6 nitrogen and oxygen atoms in total. The quantitative estimate of drug-likeness (QED) is 0.871. The molecule has 2 N–H and O–H groups in total. The normalized spacial score (nSPS) is 17.9. The van der Waals surface area contributed by atoms with Gasteiger partial charge in [0.1, 0.15) is 5.75 Å². The minimum atomic E-state index is -0.834. The number of carboxylic acids is 1. The summed E-state index contributed by atoms with van der Waals surface area (Å²) in [4.78, 5) is 24.7. The van der Waals surface area contributed by atoms with Crippen molar-refractivity contribution in [2.75, 3.05) is 26.7 Å². The molecule has 23 heavy (non-hydrogen) atoms. The molecule has 1 atom stereocenters. The number of rotatable bonds is 5. The monoisotopic (exact) mass is 320 g/mol. The van der Waals surface area contributed by atoms with Crippen molar-refractivity contribution < 1.29 is 19.4 Å². The fourth-order valence-corrected chi connectivity index (χ4v) is 2.70. The first-order chi connectivity index (χ1) is 10.8. The number of nitrogens with one attached hydrogen (secondary N) is 1. The van der Waals surface area contributed by atoms with Crippen LogP contribution >= 0.6 is 0 Å². The number of carbonyl (C=O) groups excluding carboxylic acids is 1. The van der Waals surface area contributed by atoms with Gasteiger partial charge in [-0.25, -0.2) is 4.79 Å². The van der Waals surface area contributed by atoms with E-state index in [9.17, 15) is 9.59 Å². The fourth-order valence-electron chi connectivity index (χ4n) is 2.70. The average Bonchev–Trinajstić information content (AvgIpc) is 3.03. The summed E-state index contributed by atoms with van der Waals surface area (Å²) in [6.45, 7) is 5.36. The van der Waals surface area contributed by atoms with Crippen molar-refractivity contribution in [2.24, 2.45) is 5.92 Å². The number of urea groups is 1. The van der Waals surface area contributed by atoms with Crippen molar-refractivity contribution >= 4 is 12.0 Å². The van der Waals surface area contributed by atoms with Crippen LogP contribution in [0.25, 0.3) is 0 Å². The molecule has 0 aliphatic carbocycles. The Hall–Kier alpha value is -2.24. The highest BCUT2D eigenvalue weighted by molar-refractivity contribution is 5.77. The highest BCUT2D eigenvalue weighted by Crippen LogP contribution is 2.25. The van der Waals surface area contributed by atoms with Gasteiger partial charge in [0.15, 0.2) is 0 Å². The standard InChI is InChI=1S/C17H24N2O4/c1-17(2,13-4-6-14(23-3)7-5-13)11-18-16(22)19-9-8-12(10-19)15(20)21/h4-7,12H,8-11H2,1-3H3,(H,18,22)(H,20,21). The molecule has 1 aliphatic heterocycles. The van der Waals surface area contributed by atoms with E-state index in [-0.39, 0.29) is 18.0 Å². The number of aliphatic carboxylic acids is 1. The Morgan fingerprint density at radius 2 is 2.00 bits per heavy atom. The van der Waals surface area contributed by atoms with Gasteiger partial charge in [0.25, 0.3) is 0 Å². The van der Waals surface area contributed by atoms with Gasteiger partial charge in [-0.3, -0.25) is 4.79 Å². The molecular weight excluding hydrogens is 296 g/mol. The van der Waals surface area contributed by atoms with Gasteiger partial charge in [-0.15, -0.1) is 0 Å². The highest BCUT2D eigenvalue weighted by Gasteiger charge is 2.31. The molecule has 2 rings (SSSR count). The lowest BCUT2D eigenvalue weighted by molar-refractivity contribution is -0.141. The van der Waals surface area contributed by atoms with Gasteiger partial charge >= 0.3 is 12.0 Å². The summed E-state index contributed by atoms with van der Waals surface area (Å²) in [6.07, 6.45) is 0.518. The van der Waals surface area contributed by atoms with E-state index in [0.717, 1.165) is 11.3 Å². The SMILES string of the molecule is COc1ccc(C(C)(C)CNC(=O)N2CCC(C(=O)O)C2)cc1. The fraction of sp³-hybridized carbons (Fsp3) is 0.529. The Kier molecular flexibility index (Phi) is 5.13. The minimum Gasteiger partial charge on any atom is -0.497 e. The summed E-state index contributed by atoms with van der Waals surface area (Å²) >= 11 is 0. The van der Waals surface area contributed by atoms with Crippen LogP contribution in [-0.2, 0) is 10.2 Å². The largest absolute Gasteiger partial charge is 0.497 e. The molecule has 0 bridgehead atoms. The molecule has 2 amide bonds. The summed E-state index contributed by atoms with van der Waals surface area (Å²) in [5, 5.41) is 11.9. The third-order valence-corrected chi connectivity index (χ3v) is 4.38. The molecule has 1 unspecified atom stereocenters. The number of likely N-dealkylation sites (tertiary alicyclic amines) is 1. The van der Waals surface area contributed by atoms with Crippen molar-refractivity contribution in [1.29, 1.82) is 0 Å². The van der Waals surface area contributed by atoms with E-state index in [1.165, 1.54) is 0 Å². The van der Waals surface area contributed by atoms with Crippen LogP contribution < -0.4 is 10.1 Å². The van der Waals surface area contributed by atoms with Gasteiger partial charge in [0.05, 0.1) is 13.0 Å². The minimum absolute atomic E-state index is 0.199. The van der Waals surface area contributed by atoms with Gasteiger partial charge in [-0.2, -0.15) is 0 Å². The third-order valence-electron chi connectivity index (χ3n) is 4.38. The van der Waals surface area contributed by atoms with Crippen molar-refractivity contribution in [3.05, 3.63) is 29.8 Å². The molecule has 6 heteroatoms. The van der Waals surface area contributed by atoms with E-state index in [4.69, 9.17) is 9.84 Å². The smallest absolute Gasteiger partial charge is 0.317 e. The third kappa shape index (κ3) is 4.15. The summed E-state index contributed by atoms with van der Waals surface area (Å²) in [5.74, 6) is -0.487. The molecule has 0 aromatic heterocycles. The lowest BCUT2D eigenvalue weighted by Gasteiger charge is -2.27. The molecule has 1 fully saturated rings. The van der Waals surface area contributed by atoms with Crippen molar-refractivity contribution in [3.8, 4) is 5.75 Å². The Morgan fingerprint density at radius 1 is 1.35 bits per heavy atom. The van der Waals surface area contributed by atoms with Crippen molar-refractivity contribution in [3.63, 3.8) is 0 Å². The highest BCUT2D eigenvalue weighted by atomic mass is 16.5. The van der Waals surface area contributed by atoms with Gasteiger partial charge in [-0.05, 0) is 24.1 Å². The zero-order chi connectivity index (χ0) is 17.0.